The molecule has 1 saturated carbocycles. The molecule has 0 unspecified atom stereocenters. The minimum absolute atomic E-state index is 0.0222. The highest BCUT2D eigenvalue weighted by atomic mass is 16.4. The number of rotatable bonds is 4. The van der Waals surface area contributed by atoms with Crippen molar-refractivity contribution in [2.75, 3.05) is 0 Å². The van der Waals surface area contributed by atoms with Crippen LogP contribution in [-0.4, -0.2) is 21.8 Å². The van der Waals surface area contributed by atoms with Crippen molar-refractivity contribution in [2.45, 2.75) is 69.3 Å². The Hall–Kier alpha value is -2.13. The highest BCUT2D eigenvalue weighted by Gasteiger charge is 2.50. The minimum Gasteiger partial charge on any atom is -0.478 e. The second-order valence-electron chi connectivity index (χ2n) is 8.87. The maximum atomic E-state index is 11.5. The Morgan fingerprint density at radius 3 is 2.64 bits per heavy atom. The van der Waals surface area contributed by atoms with E-state index in [2.05, 4.69) is 43.3 Å². The molecule has 0 aliphatic heterocycles. The van der Waals surface area contributed by atoms with E-state index >= 15 is 0 Å². The van der Waals surface area contributed by atoms with Gasteiger partial charge in [0.15, 0.2) is 0 Å². The van der Waals surface area contributed by atoms with Crippen molar-refractivity contribution in [2.24, 2.45) is 5.92 Å². The van der Waals surface area contributed by atoms with Crippen LogP contribution in [-0.2, 0) is 18.3 Å². The second-order valence-corrected chi connectivity index (χ2v) is 8.87. The Bertz CT molecular complexity index is 859. The monoisotopic (exact) mass is 378 g/mol. The lowest BCUT2D eigenvalue weighted by Gasteiger charge is -2.50. The number of carboxylic acid groups (broad SMARTS) is 1. The van der Waals surface area contributed by atoms with Crippen LogP contribution < -0.4 is 0 Å². The number of aromatic carboxylic acids is 1. The Morgan fingerprint density at radius 1 is 1.14 bits per heavy atom. The van der Waals surface area contributed by atoms with Gasteiger partial charge in [-0.1, -0.05) is 43.3 Å². The van der Waals surface area contributed by atoms with Crippen molar-refractivity contribution in [3.05, 3.63) is 70.8 Å². The molecule has 2 aliphatic carbocycles. The van der Waals surface area contributed by atoms with Crippen molar-refractivity contribution in [1.82, 2.24) is 0 Å². The number of fused-ring (bicyclic) bond motifs is 3. The number of carboxylic acids is 1. The summed E-state index contributed by atoms with van der Waals surface area (Å²) in [5.74, 6) is -0.437. The molecule has 2 aliphatic rings. The van der Waals surface area contributed by atoms with Crippen LogP contribution in [0.1, 0.15) is 72.5 Å². The zero-order chi connectivity index (χ0) is 19.8. The van der Waals surface area contributed by atoms with Crippen LogP contribution in [0.2, 0.25) is 0 Å². The Kier molecular flexibility index (Phi) is 5.05. The quantitative estimate of drug-likeness (QED) is 0.774. The molecule has 2 N–H and O–H groups in total. The van der Waals surface area contributed by atoms with Crippen molar-refractivity contribution < 1.29 is 15.0 Å². The van der Waals surface area contributed by atoms with Gasteiger partial charge in [-0.2, -0.15) is 0 Å². The third kappa shape index (κ3) is 3.37. The molecule has 1 fully saturated rings. The first-order valence-electron chi connectivity index (χ1n) is 10.6. The van der Waals surface area contributed by atoms with E-state index in [1.165, 1.54) is 16.7 Å². The van der Waals surface area contributed by atoms with Crippen LogP contribution in [0.25, 0.3) is 0 Å². The van der Waals surface area contributed by atoms with Crippen molar-refractivity contribution in [3.8, 4) is 0 Å². The third-order valence-corrected chi connectivity index (χ3v) is 7.35. The lowest BCUT2D eigenvalue weighted by atomic mass is 9.55. The summed E-state index contributed by atoms with van der Waals surface area (Å²) in [4.78, 5) is 11.5. The predicted molar refractivity (Wildman–Crippen MR) is 111 cm³/mol. The largest absolute Gasteiger partial charge is 0.478 e. The van der Waals surface area contributed by atoms with Crippen molar-refractivity contribution in [3.63, 3.8) is 0 Å². The fourth-order valence-corrected chi connectivity index (χ4v) is 5.72. The summed E-state index contributed by atoms with van der Waals surface area (Å²) in [7, 11) is 0. The predicted octanol–water partition coefficient (Wildman–Crippen LogP) is 5.14. The molecule has 3 atom stereocenters. The van der Waals surface area contributed by atoms with Gasteiger partial charge in [0, 0.05) is 5.41 Å². The molecule has 2 aromatic carbocycles. The maximum Gasteiger partial charge on any atom is 0.335 e. The lowest BCUT2D eigenvalue weighted by molar-refractivity contribution is -0.0497. The molecular formula is C25H30O3. The molecule has 4 rings (SSSR count). The molecule has 0 saturated heterocycles. The molecule has 0 aromatic heterocycles. The second kappa shape index (κ2) is 7.36. The van der Waals surface area contributed by atoms with Gasteiger partial charge in [-0.15, -0.1) is 0 Å². The highest BCUT2D eigenvalue weighted by Crippen LogP contribution is 2.54. The van der Waals surface area contributed by atoms with Gasteiger partial charge in [-0.25, -0.2) is 4.79 Å². The first-order chi connectivity index (χ1) is 13.5. The van der Waals surface area contributed by atoms with Crippen LogP contribution in [0.15, 0.2) is 48.5 Å². The number of aryl methyl sites for hydroxylation is 1. The summed E-state index contributed by atoms with van der Waals surface area (Å²) in [5.41, 5.74) is 3.64. The number of aliphatic hydroxyl groups is 1. The van der Waals surface area contributed by atoms with E-state index in [-0.39, 0.29) is 5.41 Å². The topological polar surface area (TPSA) is 57.5 Å². The van der Waals surface area contributed by atoms with E-state index in [9.17, 15) is 15.0 Å². The molecule has 28 heavy (non-hydrogen) atoms. The fraction of sp³-hybridized carbons (Fsp3) is 0.480. The van der Waals surface area contributed by atoms with Crippen molar-refractivity contribution in [1.29, 1.82) is 0 Å². The normalized spacial score (nSPS) is 29.4. The number of hydrogen-bond acceptors (Lipinski definition) is 2. The van der Waals surface area contributed by atoms with Crippen LogP contribution in [0.5, 0.6) is 0 Å². The van der Waals surface area contributed by atoms with Gasteiger partial charge >= 0.3 is 5.97 Å². The first-order valence-corrected chi connectivity index (χ1v) is 10.6. The summed E-state index contributed by atoms with van der Waals surface area (Å²) in [5, 5.41) is 20.5. The van der Waals surface area contributed by atoms with E-state index < -0.39 is 11.6 Å². The molecule has 0 radical (unpaired) electrons. The molecule has 0 heterocycles. The molecule has 3 heteroatoms. The van der Waals surface area contributed by atoms with Gasteiger partial charge in [-0.05, 0) is 86.1 Å². The van der Waals surface area contributed by atoms with Crippen LogP contribution >= 0.6 is 0 Å². The Morgan fingerprint density at radius 2 is 1.93 bits per heavy atom. The highest BCUT2D eigenvalue weighted by molar-refractivity contribution is 5.88. The Labute approximate surface area is 167 Å². The Balaban J connectivity index is 1.83. The standard InChI is InChI=1S/C25H30O3/c1-2-24(28)13-14-25(16-18-7-4-3-5-8-18)21(17-24)10-6-9-19-15-20(23(26)27)11-12-22(19)25/h3-5,7-8,11-12,15,21,28H,2,6,9-10,13-14,16-17H2,1H3,(H,26,27)/t21-,24-,25-/m1/s1. The minimum atomic E-state index is -0.857. The molecule has 2 aromatic rings. The van der Waals surface area contributed by atoms with Gasteiger partial charge in [0.05, 0.1) is 11.2 Å². The smallest absolute Gasteiger partial charge is 0.335 e. The first kappa shape index (κ1) is 19.2. The molecular weight excluding hydrogens is 348 g/mol. The summed E-state index contributed by atoms with van der Waals surface area (Å²) in [6.07, 6.45) is 7.44. The van der Waals surface area contributed by atoms with Gasteiger partial charge in [-0.3, -0.25) is 0 Å². The molecule has 0 spiro atoms. The van der Waals surface area contributed by atoms with Crippen LogP contribution in [0.4, 0.5) is 0 Å². The summed E-state index contributed by atoms with van der Waals surface area (Å²) in [6, 6.07) is 16.4. The van der Waals surface area contributed by atoms with Crippen LogP contribution in [0, 0.1) is 5.92 Å². The van der Waals surface area contributed by atoms with Crippen molar-refractivity contribution >= 4 is 5.97 Å². The summed E-state index contributed by atoms with van der Waals surface area (Å²) >= 11 is 0. The average Bonchev–Trinajstić information content (AvgIpc) is 2.85. The van der Waals surface area contributed by atoms with Gasteiger partial charge in [0.25, 0.3) is 0 Å². The summed E-state index contributed by atoms with van der Waals surface area (Å²) < 4.78 is 0. The molecule has 0 bridgehead atoms. The zero-order valence-electron chi connectivity index (χ0n) is 16.7. The lowest BCUT2D eigenvalue weighted by Crippen LogP contribution is -2.48. The van der Waals surface area contributed by atoms with Gasteiger partial charge in [0.1, 0.15) is 0 Å². The SMILES string of the molecule is CC[C@@]1(O)CC[C@]2(Cc3ccccc3)c3ccc(C(=O)O)cc3CCC[C@@H]2C1. The van der Waals surface area contributed by atoms with Crippen LogP contribution in [0.3, 0.4) is 0 Å². The number of benzene rings is 2. The zero-order valence-corrected chi connectivity index (χ0v) is 16.7. The molecule has 3 nitrogen and oxygen atoms in total. The van der Waals surface area contributed by atoms with Gasteiger partial charge < -0.3 is 10.2 Å². The fourth-order valence-electron chi connectivity index (χ4n) is 5.72. The van der Waals surface area contributed by atoms with Gasteiger partial charge in [0.2, 0.25) is 0 Å². The maximum absolute atomic E-state index is 11.5. The van der Waals surface area contributed by atoms with E-state index in [0.29, 0.717) is 11.5 Å². The molecule has 148 valence electrons. The third-order valence-electron chi connectivity index (χ3n) is 7.35. The average molecular weight is 379 g/mol. The van der Waals surface area contributed by atoms with E-state index in [1.807, 2.05) is 6.07 Å². The van der Waals surface area contributed by atoms with E-state index in [0.717, 1.165) is 51.4 Å². The number of carbonyl (C=O) groups is 1. The van der Waals surface area contributed by atoms with E-state index in [4.69, 9.17) is 0 Å². The number of hydrogen-bond donors (Lipinski definition) is 2. The molecule has 0 amide bonds. The summed E-state index contributed by atoms with van der Waals surface area (Å²) in [6.45, 7) is 2.09. The van der Waals surface area contributed by atoms with E-state index in [1.54, 1.807) is 6.07 Å².